The van der Waals surface area contributed by atoms with Gasteiger partial charge >= 0.3 is 0 Å². The van der Waals surface area contributed by atoms with E-state index in [9.17, 15) is 4.79 Å². The zero-order valence-corrected chi connectivity index (χ0v) is 9.51. The van der Waals surface area contributed by atoms with Gasteiger partial charge in [0.05, 0.1) is 6.20 Å². The Labute approximate surface area is 97.6 Å². The fourth-order valence-corrected chi connectivity index (χ4v) is 1.25. The number of carbonyl (C=O) groups excluding carboxylic acids is 1. The molecule has 2 N–H and O–H groups in total. The molecule has 0 fully saturated rings. The fourth-order valence-electron chi connectivity index (χ4n) is 1.25. The maximum Gasteiger partial charge on any atom is 0.250 e. The average Bonchev–Trinajstić information content (AvgIpc) is 2.85. The fraction of sp³-hybridized carbons (Fsp3) is 0.200. The summed E-state index contributed by atoms with van der Waals surface area (Å²) in [5.74, 6) is 0.632. The van der Waals surface area contributed by atoms with Crippen LogP contribution in [0.25, 0.3) is 6.08 Å². The number of H-pyrrole nitrogens is 1. The van der Waals surface area contributed by atoms with E-state index in [1.54, 1.807) is 30.1 Å². The molecule has 2 aromatic heterocycles. The zero-order valence-electron chi connectivity index (χ0n) is 9.51. The quantitative estimate of drug-likeness (QED) is 0.754. The molecule has 88 valence electrons. The second-order valence-electron chi connectivity index (χ2n) is 3.51. The zero-order chi connectivity index (χ0) is 12.3. The number of hydrogen-bond acceptors (Lipinski definition) is 4. The van der Waals surface area contributed by atoms with Crippen molar-refractivity contribution in [3.8, 4) is 0 Å². The minimum atomic E-state index is -0.284. The third-order valence-corrected chi connectivity index (χ3v) is 1.98. The van der Waals surface area contributed by atoms with Crippen molar-refractivity contribution < 1.29 is 4.79 Å². The minimum absolute atomic E-state index is 0.267. The smallest absolute Gasteiger partial charge is 0.250 e. The van der Waals surface area contributed by atoms with E-state index in [4.69, 9.17) is 0 Å². The summed E-state index contributed by atoms with van der Waals surface area (Å²) in [5.41, 5.74) is 0.855. The molecule has 2 rings (SSSR count). The predicted molar refractivity (Wildman–Crippen MR) is 62.0 cm³/mol. The van der Waals surface area contributed by atoms with Crippen LogP contribution in [0.2, 0.25) is 0 Å². The standard InChI is InChI=1S/C10H12N6O/c1-7-12-10(15-14-7)13-9(17)4-3-8-5-11-16(2)6-8/h3-6H,1-2H3,(H2,12,13,14,15,17)/b4-3+. The molecule has 0 bridgehead atoms. The van der Waals surface area contributed by atoms with Crippen molar-refractivity contribution in [2.45, 2.75) is 6.92 Å². The molecule has 0 aliphatic heterocycles. The highest BCUT2D eigenvalue weighted by Crippen LogP contribution is 2.01. The summed E-state index contributed by atoms with van der Waals surface area (Å²) in [4.78, 5) is 15.4. The third kappa shape index (κ3) is 3.00. The number of rotatable bonds is 3. The number of aryl methyl sites for hydroxylation is 2. The van der Waals surface area contributed by atoms with Crippen molar-refractivity contribution in [2.75, 3.05) is 5.32 Å². The van der Waals surface area contributed by atoms with E-state index in [0.29, 0.717) is 5.82 Å². The normalized spacial score (nSPS) is 10.9. The molecule has 0 spiro atoms. The summed E-state index contributed by atoms with van der Waals surface area (Å²) >= 11 is 0. The van der Waals surface area contributed by atoms with Gasteiger partial charge in [0.2, 0.25) is 5.95 Å². The molecule has 0 aliphatic carbocycles. The molecule has 2 heterocycles. The molecule has 17 heavy (non-hydrogen) atoms. The van der Waals surface area contributed by atoms with E-state index in [1.165, 1.54) is 6.08 Å². The highest BCUT2D eigenvalue weighted by atomic mass is 16.1. The molecule has 0 atom stereocenters. The van der Waals surface area contributed by atoms with E-state index in [0.717, 1.165) is 5.56 Å². The van der Waals surface area contributed by atoms with Crippen molar-refractivity contribution in [2.24, 2.45) is 7.05 Å². The number of carbonyl (C=O) groups is 1. The van der Waals surface area contributed by atoms with Crippen molar-refractivity contribution >= 4 is 17.9 Å². The van der Waals surface area contributed by atoms with Crippen LogP contribution >= 0.6 is 0 Å². The Morgan fingerprint density at radius 1 is 1.59 bits per heavy atom. The Kier molecular flexibility index (Phi) is 2.99. The first kappa shape index (κ1) is 11.1. The van der Waals surface area contributed by atoms with Gasteiger partial charge in [-0.3, -0.25) is 19.9 Å². The molecule has 0 aromatic carbocycles. The van der Waals surface area contributed by atoms with Crippen molar-refractivity contribution in [1.29, 1.82) is 0 Å². The van der Waals surface area contributed by atoms with Crippen LogP contribution < -0.4 is 5.32 Å². The molecule has 1 amide bonds. The summed E-state index contributed by atoms with van der Waals surface area (Å²) < 4.78 is 1.66. The van der Waals surface area contributed by atoms with E-state index >= 15 is 0 Å². The van der Waals surface area contributed by atoms with Crippen LogP contribution in [0.15, 0.2) is 18.5 Å². The predicted octanol–water partition coefficient (Wildman–Crippen LogP) is 0.499. The van der Waals surface area contributed by atoms with Gasteiger partial charge < -0.3 is 0 Å². The van der Waals surface area contributed by atoms with Gasteiger partial charge in [0.25, 0.3) is 5.91 Å². The van der Waals surface area contributed by atoms with Crippen LogP contribution in [0.1, 0.15) is 11.4 Å². The molecular weight excluding hydrogens is 220 g/mol. The van der Waals surface area contributed by atoms with Crippen LogP contribution in [-0.4, -0.2) is 30.9 Å². The number of nitrogens with zero attached hydrogens (tertiary/aromatic N) is 4. The Balaban J connectivity index is 1.95. The summed E-state index contributed by atoms with van der Waals surface area (Å²) in [6, 6.07) is 0. The molecular formula is C10H12N6O. The first-order valence-corrected chi connectivity index (χ1v) is 5.00. The van der Waals surface area contributed by atoms with E-state index in [1.807, 2.05) is 7.05 Å². The Bertz CT molecular complexity index is 553. The van der Waals surface area contributed by atoms with Crippen LogP contribution in [0, 0.1) is 6.92 Å². The highest BCUT2D eigenvalue weighted by Gasteiger charge is 2.02. The van der Waals surface area contributed by atoms with Gasteiger partial charge in [0.15, 0.2) is 0 Å². The van der Waals surface area contributed by atoms with E-state index in [-0.39, 0.29) is 11.9 Å². The molecule has 0 saturated heterocycles. The van der Waals surface area contributed by atoms with Crippen LogP contribution in [0.3, 0.4) is 0 Å². The number of anilines is 1. The summed E-state index contributed by atoms with van der Waals surface area (Å²) in [6.45, 7) is 1.76. The van der Waals surface area contributed by atoms with Gasteiger partial charge in [0.1, 0.15) is 5.82 Å². The lowest BCUT2D eigenvalue weighted by molar-refractivity contribution is -0.111. The number of amides is 1. The van der Waals surface area contributed by atoms with Gasteiger partial charge in [-0.1, -0.05) is 0 Å². The van der Waals surface area contributed by atoms with Crippen molar-refractivity contribution in [1.82, 2.24) is 25.0 Å². The van der Waals surface area contributed by atoms with E-state index < -0.39 is 0 Å². The molecule has 7 heteroatoms. The number of aromatic amines is 1. The largest absolute Gasteiger partial charge is 0.290 e. The van der Waals surface area contributed by atoms with Crippen molar-refractivity contribution in [3.63, 3.8) is 0 Å². The molecule has 2 aromatic rings. The van der Waals surface area contributed by atoms with Gasteiger partial charge in [-0.25, -0.2) is 0 Å². The van der Waals surface area contributed by atoms with Crippen molar-refractivity contribution in [3.05, 3.63) is 29.9 Å². The monoisotopic (exact) mass is 232 g/mol. The lowest BCUT2D eigenvalue weighted by atomic mass is 10.3. The first-order chi connectivity index (χ1) is 8.13. The third-order valence-electron chi connectivity index (χ3n) is 1.98. The van der Waals surface area contributed by atoms with Gasteiger partial charge in [-0.15, -0.1) is 5.10 Å². The number of hydrogen-bond donors (Lipinski definition) is 2. The lowest BCUT2D eigenvalue weighted by Gasteiger charge is -1.93. The summed E-state index contributed by atoms with van der Waals surface area (Å²) in [7, 11) is 1.81. The van der Waals surface area contributed by atoms with Gasteiger partial charge in [-0.2, -0.15) is 10.1 Å². The highest BCUT2D eigenvalue weighted by molar-refractivity contribution is 6.00. The molecule has 0 saturated carbocycles. The molecule has 0 radical (unpaired) electrons. The van der Waals surface area contributed by atoms with E-state index in [2.05, 4.69) is 25.6 Å². The molecule has 7 nitrogen and oxygen atoms in total. The molecule has 0 aliphatic rings. The maximum absolute atomic E-state index is 11.5. The van der Waals surface area contributed by atoms with Gasteiger partial charge in [-0.05, 0) is 13.0 Å². The Morgan fingerprint density at radius 3 is 3.00 bits per heavy atom. The maximum atomic E-state index is 11.5. The number of aromatic nitrogens is 5. The lowest BCUT2D eigenvalue weighted by Crippen LogP contribution is -2.09. The Morgan fingerprint density at radius 2 is 2.41 bits per heavy atom. The van der Waals surface area contributed by atoms with Crippen LogP contribution in [-0.2, 0) is 11.8 Å². The SMILES string of the molecule is Cc1nc(NC(=O)/C=C/c2cnn(C)c2)n[nH]1. The summed E-state index contributed by atoms with van der Waals surface area (Å²) in [6.07, 6.45) is 6.55. The second kappa shape index (κ2) is 4.60. The average molecular weight is 232 g/mol. The van der Waals surface area contributed by atoms with Gasteiger partial charge in [0, 0.05) is 24.9 Å². The first-order valence-electron chi connectivity index (χ1n) is 5.00. The molecule has 0 unspecified atom stereocenters. The minimum Gasteiger partial charge on any atom is -0.290 e. The second-order valence-corrected chi connectivity index (χ2v) is 3.51. The topological polar surface area (TPSA) is 88.5 Å². The summed E-state index contributed by atoms with van der Waals surface area (Å²) in [5, 5.41) is 13.0. The van der Waals surface area contributed by atoms with Crippen LogP contribution in [0.5, 0.6) is 0 Å². The van der Waals surface area contributed by atoms with Crippen LogP contribution in [0.4, 0.5) is 5.95 Å². The Hall–Kier alpha value is -2.44. The number of nitrogens with one attached hydrogen (secondary N) is 2.